The highest BCUT2D eigenvalue weighted by molar-refractivity contribution is 9.11. The zero-order valence-electron chi connectivity index (χ0n) is 10.3. The van der Waals surface area contributed by atoms with Crippen LogP contribution in [0.3, 0.4) is 0 Å². The summed E-state index contributed by atoms with van der Waals surface area (Å²) in [5, 5.41) is 0. The first kappa shape index (κ1) is 13.8. The summed E-state index contributed by atoms with van der Waals surface area (Å²) in [5.74, 6) is 0. The average Bonchev–Trinajstić information content (AvgIpc) is 2.79. The van der Waals surface area contributed by atoms with E-state index < -0.39 is 10.0 Å². The monoisotopic (exact) mass is 329 g/mol. The summed E-state index contributed by atoms with van der Waals surface area (Å²) in [6.07, 6.45) is 1.70. The molecule has 3 nitrogen and oxygen atoms in total. The van der Waals surface area contributed by atoms with Crippen molar-refractivity contribution in [2.75, 3.05) is 6.54 Å². The molecule has 1 aliphatic heterocycles. The summed E-state index contributed by atoms with van der Waals surface area (Å²) in [6.45, 7) is 6.32. The second-order valence-corrected chi connectivity index (χ2v) is 7.44. The lowest BCUT2D eigenvalue weighted by molar-refractivity contribution is 0.430. The van der Waals surface area contributed by atoms with Crippen LogP contribution in [0.5, 0.6) is 0 Å². The molecule has 1 saturated heterocycles. The molecule has 1 aromatic rings. The molecule has 0 radical (unpaired) electrons. The van der Waals surface area contributed by atoms with E-state index in [0.29, 0.717) is 11.4 Å². The Morgan fingerprint density at radius 1 is 1.39 bits per heavy atom. The minimum atomic E-state index is -3.41. The topological polar surface area (TPSA) is 37.4 Å². The predicted molar refractivity (Wildman–Crippen MR) is 76.2 cm³/mol. The molecule has 1 aromatic carbocycles. The van der Waals surface area contributed by atoms with Gasteiger partial charge in [0, 0.05) is 11.0 Å². The molecule has 18 heavy (non-hydrogen) atoms. The van der Waals surface area contributed by atoms with E-state index >= 15 is 0 Å². The number of aryl methyl sites for hydroxylation is 1. The number of benzene rings is 1. The number of rotatable bonds is 3. The Balaban J connectivity index is 2.36. The van der Waals surface area contributed by atoms with Gasteiger partial charge in [-0.15, -0.1) is 0 Å². The van der Waals surface area contributed by atoms with Gasteiger partial charge in [0.1, 0.15) is 0 Å². The minimum absolute atomic E-state index is 0.128. The van der Waals surface area contributed by atoms with E-state index in [1.165, 1.54) is 4.31 Å². The Morgan fingerprint density at radius 2 is 2.00 bits per heavy atom. The molecule has 5 heteroatoms. The van der Waals surface area contributed by atoms with Gasteiger partial charge in [-0.3, -0.25) is 0 Å². The van der Waals surface area contributed by atoms with Gasteiger partial charge in [-0.2, -0.15) is 4.31 Å². The van der Waals surface area contributed by atoms with Crippen LogP contribution in [0, 0.1) is 6.92 Å². The van der Waals surface area contributed by atoms with Gasteiger partial charge in [-0.1, -0.05) is 40.2 Å². The predicted octanol–water partition coefficient (Wildman–Crippen LogP) is 3.06. The number of sulfonamides is 1. The van der Waals surface area contributed by atoms with E-state index in [-0.39, 0.29) is 6.04 Å². The van der Waals surface area contributed by atoms with Crippen LogP contribution in [-0.4, -0.2) is 25.3 Å². The molecule has 98 valence electrons. The standard InChI is InChI=1S/C13H16BrNO2S/c1-10-5-7-12(8-6-10)18(16,17)15-9-3-4-13(15)11(2)14/h5-8,13H,2-4,9H2,1H3. The van der Waals surface area contributed by atoms with Gasteiger partial charge >= 0.3 is 0 Å². The molecule has 1 heterocycles. The second kappa shape index (κ2) is 5.15. The highest BCUT2D eigenvalue weighted by Crippen LogP contribution is 2.31. The highest BCUT2D eigenvalue weighted by atomic mass is 79.9. The summed E-state index contributed by atoms with van der Waals surface area (Å²) in [6, 6.07) is 6.84. The first-order chi connectivity index (χ1) is 8.43. The van der Waals surface area contributed by atoms with Crippen LogP contribution in [0.15, 0.2) is 40.2 Å². The maximum atomic E-state index is 12.5. The number of hydrogen-bond acceptors (Lipinski definition) is 2. The van der Waals surface area contributed by atoms with Crippen LogP contribution in [0.25, 0.3) is 0 Å². The molecule has 1 atom stereocenters. The molecule has 0 bridgehead atoms. The van der Waals surface area contributed by atoms with Crippen molar-refractivity contribution >= 4 is 26.0 Å². The Kier molecular flexibility index (Phi) is 3.94. The molecule has 0 saturated carbocycles. The SMILES string of the molecule is C=C(Br)C1CCCN1S(=O)(=O)c1ccc(C)cc1. The first-order valence-electron chi connectivity index (χ1n) is 5.86. The Labute approximate surface area is 117 Å². The van der Waals surface area contributed by atoms with Crippen LogP contribution >= 0.6 is 15.9 Å². The van der Waals surface area contributed by atoms with E-state index in [1.54, 1.807) is 12.1 Å². The zero-order valence-corrected chi connectivity index (χ0v) is 12.7. The first-order valence-corrected chi connectivity index (χ1v) is 8.09. The number of halogens is 1. The van der Waals surface area contributed by atoms with Gasteiger partial charge in [-0.25, -0.2) is 8.42 Å². The third-order valence-electron chi connectivity index (χ3n) is 3.19. The Morgan fingerprint density at radius 3 is 2.56 bits per heavy atom. The third-order valence-corrected chi connectivity index (χ3v) is 5.64. The van der Waals surface area contributed by atoms with Gasteiger partial charge in [0.25, 0.3) is 0 Å². The van der Waals surface area contributed by atoms with E-state index in [9.17, 15) is 8.42 Å². The lowest BCUT2D eigenvalue weighted by Gasteiger charge is -2.23. The fraction of sp³-hybridized carbons (Fsp3) is 0.385. The van der Waals surface area contributed by atoms with Crippen LogP contribution < -0.4 is 0 Å². The highest BCUT2D eigenvalue weighted by Gasteiger charge is 2.35. The van der Waals surface area contributed by atoms with Crippen LogP contribution in [-0.2, 0) is 10.0 Å². The van der Waals surface area contributed by atoms with Crippen molar-refractivity contribution < 1.29 is 8.42 Å². The average molecular weight is 330 g/mol. The zero-order chi connectivity index (χ0) is 13.3. The number of hydrogen-bond donors (Lipinski definition) is 0. The molecule has 1 aliphatic rings. The molecule has 1 fully saturated rings. The van der Waals surface area contributed by atoms with Crippen molar-refractivity contribution in [1.29, 1.82) is 0 Å². The van der Waals surface area contributed by atoms with Gasteiger partial charge in [0.2, 0.25) is 10.0 Å². The lowest BCUT2D eigenvalue weighted by atomic mass is 10.2. The molecular weight excluding hydrogens is 314 g/mol. The van der Waals surface area contributed by atoms with Crippen LogP contribution in [0.4, 0.5) is 0 Å². The molecule has 0 amide bonds. The van der Waals surface area contributed by atoms with Crippen LogP contribution in [0.2, 0.25) is 0 Å². The summed E-state index contributed by atoms with van der Waals surface area (Å²) in [5.41, 5.74) is 1.05. The Bertz CT molecular complexity index is 551. The third kappa shape index (κ3) is 2.53. The van der Waals surface area contributed by atoms with Crippen LogP contribution in [0.1, 0.15) is 18.4 Å². The van der Waals surface area contributed by atoms with Gasteiger partial charge < -0.3 is 0 Å². The summed E-state index contributed by atoms with van der Waals surface area (Å²) < 4.78 is 27.3. The van der Waals surface area contributed by atoms with E-state index in [4.69, 9.17) is 0 Å². The Hall–Kier alpha value is -0.650. The van der Waals surface area contributed by atoms with Crippen molar-refractivity contribution in [2.24, 2.45) is 0 Å². The molecule has 0 spiro atoms. The molecule has 0 aliphatic carbocycles. The largest absolute Gasteiger partial charge is 0.243 e. The fourth-order valence-corrected chi connectivity index (χ4v) is 4.49. The molecule has 0 aromatic heterocycles. The van der Waals surface area contributed by atoms with Crippen molar-refractivity contribution in [3.8, 4) is 0 Å². The quantitative estimate of drug-likeness (QED) is 0.854. The van der Waals surface area contributed by atoms with Crippen molar-refractivity contribution in [3.63, 3.8) is 0 Å². The summed E-state index contributed by atoms with van der Waals surface area (Å²) >= 11 is 3.32. The number of nitrogens with zero attached hydrogens (tertiary/aromatic N) is 1. The second-order valence-electron chi connectivity index (χ2n) is 4.53. The minimum Gasteiger partial charge on any atom is -0.207 e. The molecule has 2 rings (SSSR count). The molecule has 0 N–H and O–H groups in total. The molecule has 1 unspecified atom stereocenters. The summed E-state index contributed by atoms with van der Waals surface area (Å²) in [4.78, 5) is 0.355. The lowest BCUT2D eigenvalue weighted by Crippen LogP contribution is -2.35. The normalized spacial score (nSPS) is 21.1. The maximum Gasteiger partial charge on any atom is 0.243 e. The van der Waals surface area contributed by atoms with Crippen molar-refractivity contribution in [2.45, 2.75) is 30.7 Å². The van der Waals surface area contributed by atoms with E-state index in [1.807, 2.05) is 19.1 Å². The fourth-order valence-electron chi connectivity index (χ4n) is 2.19. The van der Waals surface area contributed by atoms with Gasteiger partial charge in [0.05, 0.1) is 10.9 Å². The smallest absolute Gasteiger partial charge is 0.207 e. The molecular formula is C13H16BrNO2S. The van der Waals surface area contributed by atoms with Gasteiger partial charge in [0.15, 0.2) is 0 Å². The van der Waals surface area contributed by atoms with E-state index in [0.717, 1.165) is 22.9 Å². The van der Waals surface area contributed by atoms with Crippen molar-refractivity contribution in [1.82, 2.24) is 4.31 Å². The van der Waals surface area contributed by atoms with E-state index in [2.05, 4.69) is 22.5 Å². The van der Waals surface area contributed by atoms with Gasteiger partial charge in [-0.05, 0) is 31.9 Å². The summed E-state index contributed by atoms with van der Waals surface area (Å²) in [7, 11) is -3.41. The maximum absolute atomic E-state index is 12.5. The van der Waals surface area contributed by atoms with Crippen molar-refractivity contribution in [3.05, 3.63) is 40.9 Å².